The summed E-state index contributed by atoms with van der Waals surface area (Å²) in [6.45, 7) is 36.5. The SMILES string of the molecule is [C-]#[N+]c1ccc2c(c1)-c1cc(C(C)(C)C)ccc1CN2c1ccc2c(c1)N(c1c(-c3ccccc3)cc(C(C)(C)C)cc1-c1ccccc1)c1cc(C3(c4ccccc4)c4ccccc4-c4ccccc43)cc3c1B2c1ccc(-n2c4ccc(C#N)cc4c4cc(C(C)(C)C)ccc42)cc1N3c1c(-c2ccccc2)cc(C(C)(C)C)cc1-c1ccccc1. The fourth-order valence-electron chi connectivity index (χ4n) is 20.5. The third-order valence-electron chi connectivity index (χ3n) is 26.7. The Labute approximate surface area is 723 Å². The molecule has 1 aliphatic carbocycles. The van der Waals surface area contributed by atoms with Crippen molar-refractivity contribution >= 4 is 96.1 Å². The van der Waals surface area contributed by atoms with Crippen LogP contribution in [0.25, 0.3) is 99.1 Å². The van der Waals surface area contributed by atoms with Gasteiger partial charge in [0.05, 0.1) is 46.0 Å². The number of nitrogens with zero attached hydrogens (tertiary/aromatic N) is 6. The molecule has 7 heteroatoms. The van der Waals surface area contributed by atoms with Crippen LogP contribution in [0.1, 0.15) is 139 Å². The molecule has 17 aromatic rings. The lowest BCUT2D eigenvalue weighted by Crippen LogP contribution is -2.61. The molecule has 0 fully saturated rings. The van der Waals surface area contributed by atoms with Gasteiger partial charge in [-0.15, -0.1) is 0 Å². The molecule has 6 nitrogen and oxygen atoms in total. The van der Waals surface area contributed by atoms with Crippen LogP contribution in [0.3, 0.4) is 0 Å². The van der Waals surface area contributed by atoms with Crippen molar-refractivity contribution in [2.45, 2.75) is 117 Å². The van der Waals surface area contributed by atoms with E-state index in [0.29, 0.717) is 17.8 Å². The van der Waals surface area contributed by atoms with E-state index in [1.54, 1.807) is 0 Å². The molecule has 1 aromatic heterocycles. The van der Waals surface area contributed by atoms with Gasteiger partial charge in [-0.05, 0) is 236 Å². The first-order valence-electron chi connectivity index (χ1n) is 43.3. The lowest BCUT2D eigenvalue weighted by molar-refractivity contribution is 0.590. The number of fused-ring (bicyclic) bond motifs is 13. The number of rotatable bonds is 10. The fourth-order valence-corrected chi connectivity index (χ4v) is 20.5. The number of nitriles is 1. The summed E-state index contributed by atoms with van der Waals surface area (Å²) in [5.74, 6) is 0. The second kappa shape index (κ2) is 28.5. The molecule has 4 heterocycles. The summed E-state index contributed by atoms with van der Waals surface area (Å²) < 4.78 is 2.46. The highest BCUT2D eigenvalue weighted by Gasteiger charge is 2.51. The molecule has 0 spiro atoms. The van der Waals surface area contributed by atoms with Crippen molar-refractivity contribution in [3.8, 4) is 78.5 Å². The molecule has 0 bridgehead atoms. The normalized spacial score (nSPS) is 13.6. The molecule has 0 N–H and O–H groups in total. The van der Waals surface area contributed by atoms with Crippen molar-refractivity contribution in [3.05, 3.63) is 413 Å². The molecule has 21 rings (SSSR count). The number of anilines is 8. The minimum absolute atomic E-state index is 0.110. The Hall–Kier alpha value is -14.2. The number of hydrogen-bond donors (Lipinski definition) is 0. The summed E-state index contributed by atoms with van der Waals surface area (Å²) in [5, 5.41) is 12.9. The predicted octanol–water partition coefficient (Wildman–Crippen LogP) is 28.8. The van der Waals surface area contributed by atoms with Crippen LogP contribution in [0.4, 0.5) is 51.2 Å². The van der Waals surface area contributed by atoms with Crippen LogP contribution in [0.5, 0.6) is 0 Å². The average Bonchev–Trinajstić information content (AvgIpc) is 1.67. The zero-order chi connectivity index (χ0) is 84.3. The Kier molecular flexibility index (Phi) is 17.6. The van der Waals surface area contributed by atoms with Crippen LogP contribution < -0.4 is 31.1 Å². The molecule has 0 radical (unpaired) electrons. The van der Waals surface area contributed by atoms with E-state index in [4.69, 9.17) is 6.57 Å². The lowest BCUT2D eigenvalue weighted by Gasteiger charge is -2.47. The van der Waals surface area contributed by atoms with Gasteiger partial charge in [-0.25, -0.2) is 4.85 Å². The predicted molar refractivity (Wildman–Crippen MR) is 517 cm³/mol. The van der Waals surface area contributed by atoms with Gasteiger partial charge < -0.3 is 19.3 Å². The number of benzene rings is 16. The van der Waals surface area contributed by atoms with Gasteiger partial charge in [0, 0.05) is 79.4 Å². The van der Waals surface area contributed by atoms with E-state index >= 15 is 0 Å². The quantitative estimate of drug-likeness (QED) is 0.101. The van der Waals surface area contributed by atoms with E-state index in [0.717, 1.165) is 145 Å². The smallest absolute Gasteiger partial charge is 0.252 e. The van der Waals surface area contributed by atoms with Crippen LogP contribution in [-0.4, -0.2) is 11.3 Å². The molecule has 4 aliphatic rings. The maximum absolute atomic E-state index is 10.8. The van der Waals surface area contributed by atoms with Crippen LogP contribution in [-0.2, 0) is 33.6 Å². The van der Waals surface area contributed by atoms with Crippen molar-refractivity contribution in [3.63, 3.8) is 0 Å². The van der Waals surface area contributed by atoms with Gasteiger partial charge in [0.1, 0.15) is 0 Å². The van der Waals surface area contributed by atoms with Crippen molar-refractivity contribution in [2.75, 3.05) is 14.7 Å². The lowest BCUT2D eigenvalue weighted by atomic mass is 9.33. The molecule has 0 atom stereocenters. The molecule has 0 saturated carbocycles. The minimum Gasteiger partial charge on any atom is -0.336 e. The second-order valence-corrected chi connectivity index (χ2v) is 38.2. The Morgan fingerprint density at radius 2 is 0.764 bits per heavy atom. The summed E-state index contributed by atoms with van der Waals surface area (Å²) in [6.07, 6.45) is 0. The standard InChI is InChI=1S/C116H95BN6/c1-112(2,3)80-49-48-78-72-120(102-58-51-85(119-13)68-97(102)90(78)60-80)86-52-54-100-105(69-86)122(110-91(74-33-19-14-20-34-74)62-82(114(7,8)9)63-92(110)75-35-21-15-22-36-75)107-66-84(116(79-41-27-18-28-42-79)98-45-31-29-43-88(98)89-44-30-32-46-99(89)116)67-108-109(107)117(100)101-55-53-87(121-103-56-47-73(71-118)59-95(103)96-61-81(113(4,5)6)50-57-104(96)121)70-106(101)123(108)111-93(76-37-23-16-24-38-76)64-83(115(10,11)12)65-94(111)77-39-25-17-26-40-77/h14-70H,72H2,1-12H3. The highest BCUT2D eigenvalue weighted by atomic mass is 15.2. The molecule has 0 saturated heterocycles. The van der Waals surface area contributed by atoms with Gasteiger partial charge in [-0.1, -0.05) is 326 Å². The largest absolute Gasteiger partial charge is 0.336 e. The minimum atomic E-state index is -0.919. The molecule has 3 aliphatic heterocycles. The molecule has 123 heavy (non-hydrogen) atoms. The van der Waals surface area contributed by atoms with Crippen LogP contribution in [0.2, 0.25) is 0 Å². The Bertz CT molecular complexity index is 7110. The van der Waals surface area contributed by atoms with Gasteiger partial charge in [-0.2, -0.15) is 5.26 Å². The number of aromatic nitrogens is 1. The third-order valence-corrected chi connectivity index (χ3v) is 26.7. The number of hydrogen-bond acceptors (Lipinski definition) is 4. The van der Waals surface area contributed by atoms with Crippen LogP contribution in [0, 0.1) is 17.9 Å². The average molecular weight is 1580 g/mol. The van der Waals surface area contributed by atoms with Crippen LogP contribution >= 0.6 is 0 Å². The van der Waals surface area contributed by atoms with Gasteiger partial charge >= 0.3 is 0 Å². The van der Waals surface area contributed by atoms with E-state index in [1.165, 1.54) is 61.1 Å². The topological polar surface area (TPSA) is 42.8 Å². The fraction of sp³-hybridized carbons (Fsp3) is 0.155. The van der Waals surface area contributed by atoms with E-state index < -0.39 is 12.1 Å². The van der Waals surface area contributed by atoms with Gasteiger partial charge in [0.2, 0.25) is 0 Å². The first-order chi connectivity index (χ1) is 59.4. The van der Waals surface area contributed by atoms with E-state index in [9.17, 15) is 5.26 Å². The first-order valence-corrected chi connectivity index (χ1v) is 43.3. The molecule has 16 aromatic carbocycles. The van der Waals surface area contributed by atoms with Crippen molar-refractivity contribution < 1.29 is 0 Å². The Balaban J connectivity index is 0.978. The highest BCUT2D eigenvalue weighted by Crippen LogP contribution is 2.61. The summed E-state index contributed by atoms with van der Waals surface area (Å²) in [7, 11) is 0. The van der Waals surface area contributed by atoms with Gasteiger partial charge in [0.15, 0.2) is 5.69 Å². The summed E-state index contributed by atoms with van der Waals surface area (Å²) in [4.78, 5) is 12.1. The molecular formula is C116H95BN6. The van der Waals surface area contributed by atoms with E-state index in [2.05, 4.69) is 447 Å². The Morgan fingerprint density at radius 1 is 0.341 bits per heavy atom. The zero-order valence-corrected chi connectivity index (χ0v) is 71.9. The third kappa shape index (κ3) is 12.2. The second-order valence-electron chi connectivity index (χ2n) is 38.2. The summed E-state index contributed by atoms with van der Waals surface area (Å²) in [6, 6.07) is 134. The maximum Gasteiger partial charge on any atom is 0.252 e. The molecule has 592 valence electrons. The Morgan fingerprint density at radius 3 is 1.24 bits per heavy atom. The summed E-state index contributed by atoms with van der Waals surface area (Å²) in [5.41, 5.74) is 38.8. The zero-order valence-electron chi connectivity index (χ0n) is 71.9. The molecule has 0 unspecified atom stereocenters. The molecular weight excluding hydrogens is 1490 g/mol. The monoisotopic (exact) mass is 1580 g/mol. The van der Waals surface area contributed by atoms with Crippen molar-refractivity contribution in [1.82, 2.24) is 4.57 Å². The van der Waals surface area contributed by atoms with Crippen molar-refractivity contribution in [1.29, 1.82) is 5.26 Å². The van der Waals surface area contributed by atoms with E-state index in [1.807, 2.05) is 12.1 Å². The highest BCUT2D eigenvalue weighted by molar-refractivity contribution is 7.00. The molecule has 0 amide bonds. The first kappa shape index (κ1) is 76.2. The van der Waals surface area contributed by atoms with Crippen LogP contribution in [0.15, 0.2) is 346 Å². The van der Waals surface area contributed by atoms with Gasteiger partial charge in [-0.3, -0.25) is 0 Å². The van der Waals surface area contributed by atoms with Crippen molar-refractivity contribution in [2.24, 2.45) is 0 Å². The van der Waals surface area contributed by atoms with Gasteiger partial charge in [0.25, 0.3) is 6.71 Å². The maximum atomic E-state index is 10.8. The van der Waals surface area contributed by atoms with E-state index in [-0.39, 0.29) is 21.7 Å². The summed E-state index contributed by atoms with van der Waals surface area (Å²) >= 11 is 0.